The Balaban J connectivity index is 1.89. The molecule has 202 valence electrons. The van der Waals surface area contributed by atoms with Crippen LogP contribution in [0, 0.1) is 11.8 Å². The lowest BCUT2D eigenvalue weighted by Crippen LogP contribution is -2.38. The highest BCUT2D eigenvalue weighted by Gasteiger charge is 2.22. The number of carbonyl (C=O) groups is 2. The number of nitrogen functional groups attached to an aromatic ring is 1. The van der Waals surface area contributed by atoms with Gasteiger partial charge in [-0.3, -0.25) is 9.59 Å². The van der Waals surface area contributed by atoms with Crippen molar-refractivity contribution in [2.75, 3.05) is 18.9 Å². The monoisotopic (exact) mass is 504 g/mol. The maximum atomic E-state index is 12.3. The molecule has 0 aliphatic rings. The zero-order chi connectivity index (χ0) is 26.3. The number of anilines is 1. The van der Waals surface area contributed by atoms with E-state index in [-0.39, 0.29) is 37.0 Å². The van der Waals surface area contributed by atoms with Crippen LogP contribution in [0.5, 0.6) is 0 Å². The minimum Gasteiger partial charge on any atom is -0.465 e. The van der Waals surface area contributed by atoms with E-state index < -0.39 is 12.0 Å². The summed E-state index contributed by atoms with van der Waals surface area (Å²) in [7, 11) is 0. The van der Waals surface area contributed by atoms with E-state index in [0.29, 0.717) is 30.6 Å². The topological polar surface area (TPSA) is 148 Å². The summed E-state index contributed by atoms with van der Waals surface area (Å²) in [6.45, 7) is 6.99. The van der Waals surface area contributed by atoms with Gasteiger partial charge < -0.3 is 25.5 Å². The van der Waals surface area contributed by atoms with E-state index in [1.807, 2.05) is 18.4 Å². The molecule has 2 heterocycles. The summed E-state index contributed by atoms with van der Waals surface area (Å²) in [4.78, 5) is 37.2. The number of unbranched alkanes of at least 4 members (excludes halogenated alkanes) is 6. The normalized spacial score (nSPS) is 13.9. The third-order valence-electron chi connectivity index (χ3n) is 6.60. The van der Waals surface area contributed by atoms with Crippen LogP contribution in [0.25, 0.3) is 11.2 Å². The maximum Gasteiger partial charge on any atom is 0.323 e. The van der Waals surface area contributed by atoms with Gasteiger partial charge in [0.2, 0.25) is 5.95 Å². The average Bonchev–Trinajstić information content (AvgIpc) is 3.26. The molecule has 2 aromatic rings. The van der Waals surface area contributed by atoms with Crippen LogP contribution in [-0.2, 0) is 25.6 Å². The third kappa shape index (κ3) is 10.1. The molecular formula is C26H44N6O4. The summed E-state index contributed by atoms with van der Waals surface area (Å²) >= 11 is 0. The van der Waals surface area contributed by atoms with Gasteiger partial charge in [0.05, 0.1) is 25.7 Å². The Bertz CT molecular complexity index is 934. The third-order valence-corrected chi connectivity index (χ3v) is 6.60. The van der Waals surface area contributed by atoms with Crippen molar-refractivity contribution in [2.24, 2.45) is 17.6 Å². The van der Waals surface area contributed by atoms with Gasteiger partial charge in [-0.1, -0.05) is 65.7 Å². The number of fused-ring (bicyclic) bond motifs is 1. The molecule has 1 unspecified atom stereocenters. The first-order valence-electron chi connectivity index (χ1n) is 13.4. The van der Waals surface area contributed by atoms with Crippen LogP contribution in [0.4, 0.5) is 5.95 Å². The van der Waals surface area contributed by atoms with Gasteiger partial charge in [0, 0.05) is 18.9 Å². The van der Waals surface area contributed by atoms with Crippen molar-refractivity contribution in [2.45, 2.75) is 97.6 Å². The fourth-order valence-electron chi connectivity index (χ4n) is 3.93. The molecule has 0 aliphatic carbocycles. The summed E-state index contributed by atoms with van der Waals surface area (Å²) in [6.07, 6.45) is 13.0. The van der Waals surface area contributed by atoms with E-state index in [0.717, 1.165) is 25.7 Å². The van der Waals surface area contributed by atoms with Crippen molar-refractivity contribution in [3.05, 3.63) is 12.5 Å². The number of hydrogen-bond acceptors (Lipinski definition) is 9. The van der Waals surface area contributed by atoms with E-state index in [2.05, 4.69) is 21.9 Å². The minimum atomic E-state index is -0.648. The standard InChI is InChI=1S/C26H44N6O4/c1-4-6-7-8-9-10-11-12-22(33)36-17-20(13-14-35-25(34)23(27)19(3)5-2)16-32-18-30-21-15-29-26(28)31-24(21)32/h15,18-20,23H,4-14,16-17,27H2,1-3H3,(H2,28,29,31)/t19?,20-,23+/m1/s1. The summed E-state index contributed by atoms with van der Waals surface area (Å²) in [6, 6.07) is -0.648. The molecule has 0 radical (unpaired) electrons. The average molecular weight is 505 g/mol. The van der Waals surface area contributed by atoms with E-state index >= 15 is 0 Å². The number of rotatable bonds is 18. The Morgan fingerprint density at radius 1 is 1.06 bits per heavy atom. The highest BCUT2D eigenvalue weighted by atomic mass is 16.5. The molecule has 0 spiro atoms. The quantitative estimate of drug-likeness (QED) is 0.227. The van der Waals surface area contributed by atoms with E-state index in [4.69, 9.17) is 20.9 Å². The second-order valence-electron chi connectivity index (χ2n) is 9.62. The van der Waals surface area contributed by atoms with Crippen LogP contribution in [0.2, 0.25) is 0 Å². The Kier molecular flexibility index (Phi) is 13.2. The van der Waals surface area contributed by atoms with Crippen LogP contribution in [-0.4, -0.2) is 50.7 Å². The second kappa shape index (κ2) is 16.1. The van der Waals surface area contributed by atoms with Crippen LogP contribution in [0.1, 0.15) is 85.0 Å². The Labute approximate surface area is 214 Å². The van der Waals surface area contributed by atoms with E-state index in [1.165, 1.54) is 25.7 Å². The highest BCUT2D eigenvalue weighted by Crippen LogP contribution is 2.16. The van der Waals surface area contributed by atoms with Crippen molar-refractivity contribution >= 4 is 29.1 Å². The fraction of sp³-hybridized carbons (Fsp3) is 0.731. The van der Waals surface area contributed by atoms with Crippen molar-refractivity contribution < 1.29 is 19.1 Å². The molecule has 0 fully saturated rings. The molecule has 0 saturated heterocycles. The smallest absolute Gasteiger partial charge is 0.323 e. The first kappa shape index (κ1) is 29.5. The molecule has 0 aromatic carbocycles. The molecule has 10 heteroatoms. The molecule has 0 bridgehead atoms. The van der Waals surface area contributed by atoms with E-state index in [1.54, 1.807) is 12.5 Å². The number of nitrogens with zero attached hydrogens (tertiary/aromatic N) is 4. The Morgan fingerprint density at radius 3 is 2.50 bits per heavy atom. The number of imidazole rings is 1. The number of nitrogens with two attached hydrogens (primary N) is 2. The largest absolute Gasteiger partial charge is 0.465 e. The lowest BCUT2D eigenvalue weighted by molar-refractivity contribution is -0.149. The van der Waals surface area contributed by atoms with Gasteiger partial charge in [-0.05, 0) is 18.8 Å². The van der Waals surface area contributed by atoms with Crippen LogP contribution < -0.4 is 11.5 Å². The van der Waals surface area contributed by atoms with Gasteiger partial charge in [-0.15, -0.1) is 0 Å². The molecule has 2 rings (SSSR count). The summed E-state index contributed by atoms with van der Waals surface area (Å²) in [5, 5.41) is 0. The molecule has 0 amide bonds. The number of ether oxygens (including phenoxy) is 2. The first-order valence-corrected chi connectivity index (χ1v) is 13.4. The maximum absolute atomic E-state index is 12.3. The minimum absolute atomic E-state index is 0.0448. The van der Waals surface area contributed by atoms with Crippen LogP contribution >= 0.6 is 0 Å². The summed E-state index contributed by atoms with van der Waals surface area (Å²) in [5.41, 5.74) is 13.0. The molecule has 36 heavy (non-hydrogen) atoms. The first-order chi connectivity index (χ1) is 17.3. The lowest BCUT2D eigenvalue weighted by atomic mass is 10.0. The lowest BCUT2D eigenvalue weighted by Gasteiger charge is -2.20. The Morgan fingerprint density at radius 2 is 1.78 bits per heavy atom. The van der Waals surface area contributed by atoms with Gasteiger partial charge in [0.15, 0.2) is 5.65 Å². The molecule has 0 saturated carbocycles. The van der Waals surface area contributed by atoms with Crippen LogP contribution in [0.15, 0.2) is 12.5 Å². The highest BCUT2D eigenvalue weighted by molar-refractivity contribution is 5.75. The summed E-state index contributed by atoms with van der Waals surface area (Å²) in [5.74, 6) is -0.513. The van der Waals surface area contributed by atoms with Crippen molar-refractivity contribution in [1.82, 2.24) is 19.5 Å². The molecule has 3 atom stereocenters. The zero-order valence-electron chi connectivity index (χ0n) is 22.2. The van der Waals surface area contributed by atoms with Gasteiger partial charge in [0.1, 0.15) is 11.6 Å². The zero-order valence-corrected chi connectivity index (χ0v) is 22.2. The summed E-state index contributed by atoms with van der Waals surface area (Å²) < 4.78 is 12.9. The van der Waals surface area contributed by atoms with Crippen LogP contribution in [0.3, 0.4) is 0 Å². The predicted octanol–water partition coefficient (Wildman–Crippen LogP) is 4.02. The van der Waals surface area contributed by atoms with Gasteiger partial charge in [-0.2, -0.15) is 4.98 Å². The van der Waals surface area contributed by atoms with Gasteiger partial charge in [0.25, 0.3) is 0 Å². The fourth-order valence-corrected chi connectivity index (χ4v) is 3.93. The SMILES string of the molecule is CCCCCCCCCC(=O)OC[C@H](CCOC(=O)[C@@H](N)C(C)CC)Cn1cnc2cnc(N)nc21. The molecule has 4 N–H and O–H groups in total. The Hall–Kier alpha value is -2.75. The molecule has 2 aromatic heterocycles. The van der Waals surface area contributed by atoms with Crippen molar-refractivity contribution in [3.8, 4) is 0 Å². The van der Waals surface area contributed by atoms with Gasteiger partial charge in [-0.25, -0.2) is 9.97 Å². The van der Waals surface area contributed by atoms with Crippen molar-refractivity contribution in [1.29, 1.82) is 0 Å². The van der Waals surface area contributed by atoms with E-state index in [9.17, 15) is 9.59 Å². The van der Waals surface area contributed by atoms with Crippen molar-refractivity contribution in [3.63, 3.8) is 0 Å². The number of hydrogen-bond donors (Lipinski definition) is 2. The number of esters is 2. The predicted molar refractivity (Wildman–Crippen MR) is 140 cm³/mol. The molecular weight excluding hydrogens is 460 g/mol. The van der Waals surface area contributed by atoms with Gasteiger partial charge >= 0.3 is 11.9 Å². The molecule has 0 aliphatic heterocycles. The number of carbonyl (C=O) groups excluding carboxylic acids is 2. The molecule has 10 nitrogen and oxygen atoms in total. The number of aromatic nitrogens is 4. The second-order valence-corrected chi connectivity index (χ2v) is 9.62.